The van der Waals surface area contributed by atoms with Crippen LogP contribution in [0, 0.1) is 5.82 Å². The number of benzene rings is 1. The summed E-state index contributed by atoms with van der Waals surface area (Å²) in [4.78, 5) is 17.0. The lowest BCUT2D eigenvalue weighted by atomic mass is 10.2. The fourth-order valence-electron chi connectivity index (χ4n) is 1.21. The van der Waals surface area contributed by atoms with Crippen LogP contribution in [0.15, 0.2) is 46.3 Å². The summed E-state index contributed by atoms with van der Waals surface area (Å²) in [6.07, 6.45) is 1.43. The SMILES string of the molecule is O=c1nccc(SCc2ccccc2F)[nH]1. The number of aromatic amines is 1. The minimum Gasteiger partial charge on any atom is -0.300 e. The Morgan fingerprint density at radius 1 is 1.31 bits per heavy atom. The van der Waals surface area contributed by atoms with Crippen LogP contribution in [-0.2, 0) is 5.75 Å². The van der Waals surface area contributed by atoms with Crippen LogP contribution in [0.2, 0.25) is 0 Å². The number of thioether (sulfide) groups is 1. The topological polar surface area (TPSA) is 45.8 Å². The molecule has 0 fully saturated rings. The summed E-state index contributed by atoms with van der Waals surface area (Å²) >= 11 is 1.37. The van der Waals surface area contributed by atoms with Crippen molar-refractivity contribution in [3.05, 3.63) is 58.4 Å². The summed E-state index contributed by atoms with van der Waals surface area (Å²) in [6.45, 7) is 0. The van der Waals surface area contributed by atoms with E-state index < -0.39 is 5.69 Å². The minimum absolute atomic E-state index is 0.230. The van der Waals surface area contributed by atoms with Gasteiger partial charge in [-0.15, -0.1) is 11.8 Å². The van der Waals surface area contributed by atoms with Crippen LogP contribution in [0.5, 0.6) is 0 Å². The number of hydrogen-bond donors (Lipinski definition) is 1. The van der Waals surface area contributed by atoms with Gasteiger partial charge < -0.3 is 4.98 Å². The fraction of sp³-hybridized carbons (Fsp3) is 0.0909. The molecule has 82 valence electrons. The van der Waals surface area contributed by atoms with E-state index in [1.54, 1.807) is 24.3 Å². The Balaban J connectivity index is 2.08. The number of H-pyrrole nitrogens is 1. The maximum atomic E-state index is 13.3. The molecule has 0 spiro atoms. The Labute approximate surface area is 95.7 Å². The molecule has 0 saturated carbocycles. The zero-order chi connectivity index (χ0) is 11.4. The van der Waals surface area contributed by atoms with Crippen LogP contribution in [0.1, 0.15) is 5.56 Å². The second kappa shape index (κ2) is 4.94. The van der Waals surface area contributed by atoms with E-state index >= 15 is 0 Å². The number of nitrogens with zero attached hydrogens (tertiary/aromatic N) is 1. The van der Waals surface area contributed by atoms with Crippen molar-refractivity contribution >= 4 is 11.8 Å². The molecule has 1 aromatic heterocycles. The zero-order valence-corrected chi connectivity index (χ0v) is 9.13. The monoisotopic (exact) mass is 236 g/mol. The van der Waals surface area contributed by atoms with Crippen molar-refractivity contribution in [3.8, 4) is 0 Å². The highest BCUT2D eigenvalue weighted by atomic mass is 32.2. The van der Waals surface area contributed by atoms with Gasteiger partial charge in [0.05, 0.1) is 5.03 Å². The molecule has 3 nitrogen and oxygen atoms in total. The van der Waals surface area contributed by atoms with E-state index in [0.29, 0.717) is 16.3 Å². The van der Waals surface area contributed by atoms with Crippen LogP contribution in [0.3, 0.4) is 0 Å². The van der Waals surface area contributed by atoms with Gasteiger partial charge in [-0.25, -0.2) is 14.2 Å². The van der Waals surface area contributed by atoms with E-state index in [2.05, 4.69) is 9.97 Å². The molecule has 0 unspecified atom stereocenters. The van der Waals surface area contributed by atoms with Crippen molar-refractivity contribution < 1.29 is 4.39 Å². The first kappa shape index (κ1) is 10.9. The lowest BCUT2D eigenvalue weighted by Gasteiger charge is -2.02. The molecule has 0 aliphatic rings. The van der Waals surface area contributed by atoms with Crippen molar-refractivity contribution in [2.24, 2.45) is 0 Å². The summed E-state index contributed by atoms with van der Waals surface area (Å²) in [7, 11) is 0. The zero-order valence-electron chi connectivity index (χ0n) is 8.31. The van der Waals surface area contributed by atoms with Gasteiger partial charge >= 0.3 is 5.69 Å². The highest BCUT2D eigenvalue weighted by Gasteiger charge is 2.02. The fourth-order valence-corrected chi connectivity index (χ4v) is 2.07. The number of aromatic nitrogens is 2. The first-order chi connectivity index (χ1) is 7.75. The van der Waals surface area contributed by atoms with Gasteiger partial charge in [0.2, 0.25) is 0 Å². The normalized spacial score (nSPS) is 10.3. The summed E-state index contributed by atoms with van der Waals surface area (Å²) in [5, 5.41) is 0.684. The highest BCUT2D eigenvalue weighted by Crippen LogP contribution is 2.20. The van der Waals surface area contributed by atoms with Gasteiger partial charge in [0.1, 0.15) is 5.82 Å². The quantitative estimate of drug-likeness (QED) is 0.656. The van der Waals surface area contributed by atoms with Crippen LogP contribution >= 0.6 is 11.8 Å². The predicted molar refractivity (Wildman–Crippen MR) is 60.8 cm³/mol. The molecule has 0 aliphatic carbocycles. The molecule has 1 aromatic carbocycles. The molecule has 16 heavy (non-hydrogen) atoms. The van der Waals surface area contributed by atoms with E-state index in [0.717, 1.165) is 0 Å². The Kier molecular flexibility index (Phi) is 3.36. The third-order valence-electron chi connectivity index (χ3n) is 1.99. The second-order valence-corrected chi connectivity index (χ2v) is 4.14. The lowest BCUT2D eigenvalue weighted by Crippen LogP contribution is -2.08. The first-order valence-corrected chi connectivity index (χ1v) is 5.66. The Morgan fingerprint density at radius 2 is 2.12 bits per heavy atom. The van der Waals surface area contributed by atoms with Gasteiger partial charge in [-0.05, 0) is 17.7 Å². The van der Waals surface area contributed by atoms with Gasteiger partial charge in [0.15, 0.2) is 0 Å². The third-order valence-corrected chi connectivity index (χ3v) is 2.99. The van der Waals surface area contributed by atoms with Crippen LogP contribution < -0.4 is 5.69 Å². The van der Waals surface area contributed by atoms with E-state index in [-0.39, 0.29) is 5.82 Å². The molecule has 0 amide bonds. The van der Waals surface area contributed by atoms with Crippen LogP contribution in [0.4, 0.5) is 4.39 Å². The average Bonchev–Trinajstić information content (AvgIpc) is 2.28. The van der Waals surface area contributed by atoms with Crippen molar-refractivity contribution in [3.63, 3.8) is 0 Å². The Bertz CT molecular complexity index is 541. The average molecular weight is 236 g/mol. The van der Waals surface area contributed by atoms with Gasteiger partial charge in [0, 0.05) is 11.9 Å². The van der Waals surface area contributed by atoms with E-state index in [1.807, 2.05) is 0 Å². The number of nitrogens with one attached hydrogen (secondary N) is 1. The summed E-state index contributed by atoms with van der Waals surface area (Å²) < 4.78 is 13.3. The second-order valence-electron chi connectivity index (χ2n) is 3.12. The molecule has 1 heterocycles. The number of rotatable bonds is 3. The van der Waals surface area contributed by atoms with Crippen molar-refractivity contribution in [1.29, 1.82) is 0 Å². The molecule has 0 aliphatic heterocycles. The molecular formula is C11H9FN2OS. The molecule has 0 bridgehead atoms. The molecule has 2 rings (SSSR count). The predicted octanol–water partition coefficient (Wildman–Crippen LogP) is 2.20. The third kappa shape index (κ3) is 2.70. The number of hydrogen-bond acceptors (Lipinski definition) is 3. The standard InChI is InChI=1S/C11H9FN2OS/c12-9-4-2-1-3-8(9)7-16-10-5-6-13-11(15)14-10/h1-6H,7H2,(H,13,14,15). The van der Waals surface area contributed by atoms with E-state index in [9.17, 15) is 9.18 Å². The molecule has 2 aromatic rings. The summed E-state index contributed by atoms with van der Waals surface area (Å²) in [5.74, 6) is 0.249. The van der Waals surface area contributed by atoms with Crippen molar-refractivity contribution in [1.82, 2.24) is 9.97 Å². The van der Waals surface area contributed by atoms with Gasteiger partial charge in [-0.2, -0.15) is 0 Å². The number of halogens is 1. The van der Waals surface area contributed by atoms with Crippen LogP contribution in [-0.4, -0.2) is 9.97 Å². The Morgan fingerprint density at radius 3 is 2.88 bits per heavy atom. The molecule has 1 N–H and O–H groups in total. The maximum absolute atomic E-state index is 13.3. The summed E-state index contributed by atoms with van der Waals surface area (Å²) in [6, 6.07) is 8.27. The minimum atomic E-state index is -0.390. The lowest BCUT2D eigenvalue weighted by molar-refractivity contribution is 0.617. The molecular weight excluding hydrogens is 227 g/mol. The smallest absolute Gasteiger partial charge is 0.300 e. The van der Waals surface area contributed by atoms with Crippen molar-refractivity contribution in [2.45, 2.75) is 10.8 Å². The molecule has 0 saturated heterocycles. The molecule has 5 heteroatoms. The molecule has 0 atom stereocenters. The van der Waals surface area contributed by atoms with Crippen LogP contribution in [0.25, 0.3) is 0 Å². The maximum Gasteiger partial charge on any atom is 0.345 e. The highest BCUT2D eigenvalue weighted by molar-refractivity contribution is 7.98. The van der Waals surface area contributed by atoms with Crippen molar-refractivity contribution in [2.75, 3.05) is 0 Å². The van der Waals surface area contributed by atoms with E-state index in [1.165, 1.54) is 24.0 Å². The largest absolute Gasteiger partial charge is 0.345 e. The first-order valence-electron chi connectivity index (χ1n) is 4.67. The van der Waals surface area contributed by atoms with Gasteiger partial charge in [-0.1, -0.05) is 18.2 Å². The summed E-state index contributed by atoms with van der Waals surface area (Å²) in [5.41, 5.74) is 0.226. The Hall–Kier alpha value is -1.62. The van der Waals surface area contributed by atoms with Gasteiger partial charge in [0.25, 0.3) is 0 Å². The van der Waals surface area contributed by atoms with E-state index in [4.69, 9.17) is 0 Å². The molecule has 0 radical (unpaired) electrons. The van der Waals surface area contributed by atoms with Gasteiger partial charge in [-0.3, -0.25) is 0 Å².